The van der Waals surface area contributed by atoms with E-state index >= 15 is 0 Å². The fourth-order valence-corrected chi connectivity index (χ4v) is 4.13. The number of piperazine rings is 1. The summed E-state index contributed by atoms with van der Waals surface area (Å²) in [5, 5.41) is 0. The Hall–Kier alpha value is -1.29. The van der Waals surface area contributed by atoms with E-state index in [0.717, 1.165) is 36.4 Å². The Morgan fingerprint density at radius 1 is 1.19 bits per heavy atom. The summed E-state index contributed by atoms with van der Waals surface area (Å²) in [5.41, 5.74) is 8.01. The zero-order valence-electron chi connectivity index (χ0n) is 13.2. The van der Waals surface area contributed by atoms with E-state index in [-0.39, 0.29) is 0 Å². The summed E-state index contributed by atoms with van der Waals surface area (Å²) in [5.74, 6) is 0.913. The molecule has 0 spiro atoms. The van der Waals surface area contributed by atoms with Gasteiger partial charge in [-0.2, -0.15) is 0 Å². The molecule has 2 atom stereocenters. The van der Waals surface area contributed by atoms with E-state index in [2.05, 4.69) is 21.7 Å². The lowest BCUT2D eigenvalue weighted by Crippen LogP contribution is -2.53. The van der Waals surface area contributed by atoms with Gasteiger partial charge in [0.15, 0.2) is 0 Å². The van der Waals surface area contributed by atoms with Crippen LogP contribution in [0.4, 0.5) is 11.4 Å². The number of pyridine rings is 1. The fourth-order valence-electron chi connectivity index (χ4n) is 4.13. The zero-order chi connectivity index (χ0) is 14.7. The zero-order valence-corrected chi connectivity index (χ0v) is 13.2. The molecule has 2 heterocycles. The van der Waals surface area contributed by atoms with Gasteiger partial charge in [0.05, 0.1) is 17.6 Å². The second-order valence-electron chi connectivity index (χ2n) is 6.48. The predicted molar refractivity (Wildman–Crippen MR) is 88.5 cm³/mol. The molecule has 0 aromatic carbocycles. The van der Waals surface area contributed by atoms with Gasteiger partial charge in [-0.05, 0) is 24.8 Å². The van der Waals surface area contributed by atoms with Crippen LogP contribution in [-0.4, -0.2) is 42.1 Å². The van der Waals surface area contributed by atoms with E-state index in [0.29, 0.717) is 0 Å². The highest BCUT2D eigenvalue weighted by Crippen LogP contribution is 2.32. The molecule has 0 bridgehead atoms. The summed E-state index contributed by atoms with van der Waals surface area (Å²) in [6.45, 7) is 6.87. The van der Waals surface area contributed by atoms with Gasteiger partial charge in [0.2, 0.25) is 0 Å². The van der Waals surface area contributed by atoms with Crippen molar-refractivity contribution in [1.29, 1.82) is 0 Å². The number of hydrogen-bond acceptors (Lipinski definition) is 4. The SMILES string of the molecule is CCC1CCCCC1N1CCN(c2ccncc2N)CC1. The number of nitrogens with two attached hydrogens (primary N) is 1. The fraction of sp³-hybridized carbons (Fsp3) is 0.706. The number of hydrogen-bond donors (Lipinski definition) is 1. The number of nitrogens with zero attached hydrogens (tertiary/aromatic N) is 3. The largest absolute Gasteiger partial charge is 0.396 e. The highest BCUT2D eigenvalue weighted by atomic mass is 15.3. The van der Waals surface area contributed by atoms with Gasteiger partial charge in [0, 0.05) is 38.4 Å². The van der Waals surface area contributed by atoms with Gasteiger partial charge in [0.1, 0.15) is 0 Å². The first kappa shape index (κ1) is 14.6. The van der Waals surface area contributed by atoms with Gasteiger partial charge in [-0.25, -0.2) is 0 Å². The Labute approximate surface area is 128 Å². The third-order valence-corrected chi connectivity index (χ3v) is 5.35. The van der Waals surface area contributed by atoms with Crippen molar-refractivity contribution < 1.29 is 0 Å². The summed E-state index contributed by atoms with van der Waals surface area (Å²) in [6, 6.07) is 2.86. The van der Waals surface area contributed by atoms with Crippen molar-refractivity contribution in [3.8, 4) is 0 Å². The Balaban J connectivity index is 1.61. The molecule has 4 heteroatoms. The van der Waals surface area contributed by atoms with Crippen molar-refractivity contribution in [2.45, 2.75) is 45.1 Å². The third kappa shape index (κ3) is 3.15. The van der Waals surface area contributed by atoms with Crippen molar-refractivity contribution in [2.75, 3.05) is 36.8 Å². The van der Waals surface area contributed by atoms with Crippen LogP contribution in [-0.2, 0) is 0 Å². The average molecular weight is 288 g/mol. The van der Waals surface area contributed by atoms with E-state index in [9.17, 15) is 0 Å². The Morgan fingerprint density at radius 2 is 1.95 bits per heavy atom. The standard InChI is InChI=1S/C17H28N4/c1-2-14-5-3-4-6-16(14)20-9-11-21(12-10-20)17-7-8-19-13-15(17)18/h7-8,13-14,16H,2-6,9-12,18H2,1H3. The molecule has 1 saturated carbocycles. The van der Waals surface area contributed by atoms with Crippen molar-refractivity contribution >= 4 is 11.4 Å². The third-order valence-electron chi connectivity index (χ3n) is 5.35. The maximum Gasteiger partial charge on any atom is 0.0738 e. The number of aromatic nitrogens is 1. The predicted octanol–water partition coefficient (Wildman–Crippen LogP) is 2.75. The molecule has 1 aromatic rings. The van der Waals surface area contributed by atoms with Gasteiger partial charge < -0.3 is 10.6 Å². The van der Waals surface area contributed by atoms with Crippen LogP contribution >= 0.6 is 0 Å². The van der Waals surface area contributed by atoms with Crippen molar-refractivity contribution in [3.05, 3.63) is 18.5 Å². The maximum absolute atomic E-state index is 6.05. The van der Waals surface area contributed by atoms with Gasteiger partial charge in [-0.1, -0.05) is 26.2 Å². The first-order valence-electron chi connectivity index (χ1n) is 8.48. The smallest absolute Gasteiger partial charge is 0.0738 e. The molecule has 116 valence electrons. The molecule has 1 saturated heterocycles. The van der Waals surface area contributed by atoms with Crippen molar-refractivity contribution in [2.24, 2.45) is 5.92 Å². The lowest BCUT2D eigenvalue weighted by molar-refractivity contribution is 0.0952. The lowest BCUT2D eigenvalue weighted by Gasteiger charge is -2.44. The molecule has 2 fully saturated rings. The normalized spacial score (nSPS) is 27.8. The molecule has 3 rings (SSSR count). The van der Waals surface area contributed by atoms with Crippen LogP contribution in [0.3, 0.4) is 0 Å². The summed E-state index contributed by atoms with van der Waals surface area (Å²) in [4.78, 5) is 9.24. The van der Waals surface area contributed by atoms with Crippen LogP contribution in [0.1, 0.15) is 39.0 Å². The second kappa shape index (κ2) is 6.65. The summed E-state index contributed by atoms with van der Waals surface area (Å²) in [6.07, 6.45) is 10.6. The highest BCUT2D eigenvalue weighted by molar-refractivity contribution is 5.66. The van der Waals surface area contributed by atoms with Gasteiger partial charge in [-0.3, -0.25) is 9.88 Å². The van der Waals surface area contributed by atoms with Crippen LogP contribution < -0.4 is 10.6 Å². The Bertz CT molecular complexity index is 454. The molecule has 2 N–H and O–H groups in total. The lowest BCUT2D eigenvalue weighted by atomic mass is 9.81. The minimum atomic E-state index is 0.801. The van der Waals surface area contributed by atoms with E-state index in [4.69, 9.17) is 5.73 Å². The molecule has 2 unspecified atom stereocenters. The monoisotopic (exact) mass is 288 g/mol. The minimum absolute atomic E-state index is 0.801. The second-order valence-corrected chi connectivity index (χ2v) is 6.48. The van der Waals surface area contributed by atoms with E-state index in [1.54, 1.807) is 6.20 Å². The van der Waals surface area contributed by atoms with Crippen LogP contribution in [0.2, 0.25) is 0 Å². The van der Waals surface area contributed by atoms with Crippen molar-refractivity contribution in [3.63, 3.8) is 0 Å². The number of anilines is 2. The Kier molecular flexibility index (Phi) is 4.63. The van der Waals surface area contributed by atoms with Gasteiger partial charge in [0.25, 0.3) is 0 Å². The number of nitrogen functional groups attached to an aromatic ring is 1. The summed E-state index contributed by atoms with van der Waals surface area (Å²) in [7, 11) is 0. The minimum Gasteiger partial charge on any atom is -0.396 e. The maximum atomic E-state index is 6.05. The van der Waals surface area contributed by atoms with Crippen molar-refractivity contribution in [1.82, 2.24) is 9.88 Å². The van der Waals surface area contributed by atoms with E-state index < -0.39 is 0 Å². The molecule has 4 nitrogen and oxygen atoms in total. The molecular formula is C17H28N4. The topological polar surface area (TPSA) is 45.4 Å². The summed E-state index contributed by atoms with van der Waals surface area (Å²) < 4.78 is 0. The van der Waals surface area contributed by atoms with Crippen LogP contribution in [0.25, 0.3) is 0 Å². The molecule has 1 aliphatic carbocycles. The number of rotatable bonds is 3. The summed E-state index contributed by atoms with van der Waals surface area (Å²) >= 11 is 0. The molecule has 1 aromatic heterocycles. The van der Waals surface area contributed by atoms with Crippen LogP contribution in [0.5, 0.6) is 0 Å². The molecule has 21 heavy (non-hydrogen) atoms. The molecule has 2 aliphatic rings. The molecular weight excluding hydrogens is 260 g/mol. The molecule has 0 radical (unpaired) electrons. The Morgan fingerprint density at radius 3 is 2.67 bits per heavy atom. The first-order valence-corrected chi connectivity index (χ1v) is 8.48. The van der Waals surface area contributed by atoms with E-state index in [1.807, 2.05) is 12.3 Å². The van der Waals surface area contributed by atoms with Gasteiger partial charge in [-0.15, -0.1) is 0 Å². The van der Waals surface area contributed by atoms with Gasteiger partial charge >= 0.3 is 0 Å². The quantitative estimate of drug-likeness (QED) is 0.929. The van der Waals surface area contributed by atoms with E-state index in [1.165, 1.54) is 45.2 Å². The van der Waals surface area contributed by atoms with Crippen LogP contribution in [0.15, 0.2) is 18.5 Å². The van der Waals surface area contributed by atoms with Crippen LogP contribution in [0, 0.1) is 5.92 Å². The average Bonchev–Trinajstić information content (AvgIpc) is 2.55. The molecule has 1 aliphatic heterocycles. The first-order chi connectivity index (χ1) is 10.3. The highest BCUT2D eigenvalue weighted by Gasteiger charge is 2.31. The molecule has 0 amide bonds.